The molecule has 0 spiro atoms. The third kappa shape index (κ3) is 5.34. The van der Waals surface area contributed by atoms with Crippen molar-refractivity contribution in [2.45, 2.75) is 33.2 Å². The molecule has 0 fully saturated rings. The fourth-order valence-corrected chi connectivity index (χ4v) is 2.91. The quantitative estimate of drug-likeness (QED) is 0.387. The minimum Gasteiger partial charge on any atom is -0.496 e. The molecule has 1 heterocycles. The standard InChI is InChI=1S/C20H24ClNO6/c1-12-20(27-13(2)24)17(11-23)15(10-22-12)7-14-5-6-16(8-18(14)25-3)28-19(9-21)26-4/h5-6,8,10,19,23H,7,9,11H2,1-4H3. The number of alkyl halides is 1. The van der Waals surface area contributed by atoms with Crippen LogP contribution in [-0.2, 0) is 22.6 Å². The molecule has 2 aromatic rings. The summed E-state index contributed by atoms with van der Waals surface area (Å²) in [6, 6.07) is 5.37. The average Bonchev–Trinajstić information content (AvgIpc) is 2.69. The molecule has 0 aliphatic rings. The summed E-state index contributed by atoms with van der Waals surface area (Å²) in [5.41, 5.74) is 2.63. The molecule has 1 aromatic carbocycles. The van der Waals surface area contributed by atoms with Crippen LogP contribution < -0.4 is 14.2 Å². The number of esters is 1. The van der Waals surface area contributed by atoms with Crippen molar-refractivity contribution in [1.82, 2.24) is 4.98 Å². The van der Waals surface area contributed by atoms with Gasteiger partial charge in [-0.15, -0.1) is 11.6 Å². The summed E-state index contributed by atoms with van der Waals surface area (Å²) in [5.74, 6) is 1.16. The van der Waals surface area contributed by atoms with Gasteiger partial charge in [0, 0.05) is 38.3 Å². The highest BCUT2D eigenvalue weighted by Gasteiger charge is 2.17. The maximum Gasteiger partial charge on any atom is 0.308 e. The molecular formula is C20H24ClNO6. The number of aliphatic hydroxyl groups excluding tert-OH is 1. The van der Waals surface area contributed by atoms with Crippen LogP contribution in [-0.4, -0.2) is 42.4 Å². The largest absolute Gasteiger partial charge is 0.496 e. The predicted molar refractivity (Wildman–Crippen MR) is 104 cm³/mol. The Hall–Kier alpha value is -2.35. The van der Waals surface area contributed by atoms with Gasteiger partial charge in [-0.3, -0.25) is 9.78 Å². The van der Waals surface area contributed by atoms with Gasteiger partial charge in [0.2, 0.25) is 6.29 Å². The number of carbonyl (C=O) groups excluding carboxylic acids is 1. The van der Waals surface area contributed by atoms with Crippen LogP contribution in [0.15, 0.2) is 24.4 Å². The van der Waals surface area contributed by atoms with Crippen molar-refractivity contribution in [3.8, 4) is 17.2 Å². The van der Waals surface area contributed by atoms with E-state index < -0.39 is 12.3 Å². The zero-order valence-corrected chi connectivity index (χ0v) is 17.1. The first-order valence-electron chi connectivity index (χ1n) is 8.62. The van der Waals surface area contributed by atoms with Gasteiger partial charge < -0.3 is 24.1 Å². The molecule has 1 unspecified atom stereocenters. The van der Waals surface area contributed by atoms with E-state index in [9.17, 15) is 9.90 Å². The second kappa shape index (κ2) is 10.3. The zero-order chi connectivity index (χ0) is 20.7. The summed E-state index contributed by atoms with van der Waals surface area (Å²) < 4.78 is 21.5. The maximum absolute atomic E-state index is 11.4. The lowest BCUT2D eigenvalue weighted by atomic mass is 9.99. The van der Waals surface area contributed by atoms with Crippen LogP contribution in [0.2, 0.25) is 0 Å². The van der Waals surface area contributed by atoms with Crippen molar-refractivity contribution in [3.05, 3.63) is 46.8 Å². The average molecular weight is 410 g/mol. The van der Waals surface area contributed by atoms with Gasteiger partial charge in [0.05, 0.1) is 25.3 Å². The van der Waals surface area contributed by atoms with Crippen LogP contribution in [0.3, 0.4) is 0 Å². The van der Waals surface area contributed by atoms with E-state index >= 15 is 0 Å². The monoisotopic (exact) mass is 409 g/mol. The number of benzene rings is 1. The van der Waals surface area contributed by atoms with Gasteiger partial charge in [-0.1, -0.05) is 6.07 Å². The number of ether oxygens (including phenoxy) is 4. The third-order valence-corrected chi connectivity index (χ3v) is 4.36. The summed E-state index contributed by atoms with van der Waals surface area (Å²) in [4.78, 5) is 15.7. The molecule has 0 radical (unpaired) electrons. The van der Waals surface area contributed by atoms with Crippen molar-refractivity contribution in [2.75, 3.05) is 20.1 Å². The Labute approximate surface area is 169 Å². The van der Waals surface area contributed by atoms with Gasteiger partial charge in [-0.25, -0.2) is 0 Å². The van der Waals surface area contributed by atoms with E-state index in [4.69, 9.17) is 30.5 Å². The van der Waals surface area contributed by atoms with Crippen LogP contribution in [0.1, 0.15) is 29.3 Å². The molecule has 0 amide bonds. The fourth-order valence-electron chi connectivity index (χ4n) is 2.72. The first-order chi connectivity index (χ1) is 13.4. The van der Waals surface area contributed by atoms with Gasteiger partial charge in [-0.2, -0.15) is 0 Å². The van der Waals surface area contributed by atoms with Gasteiger partial charge in [0.25, 0.3) is 0 Å². The van der Waals surface area contributed by atoms with E-state index in [2.05, 4.69) is 4.98 Å². The highest BCUT2D eigenvalue weighted by molar-refractivity contribution is 6.18. The molecule has 0 saturated heterocycles. The Kier molecular flexibility index (Phi) is 8.04. The number of aromatic nitrogens is 1. The van der Waals surface area contributed by atoms with Crippen LogP contribution >= 0.6 is 11.6 Å². The van der Waals surface area contributed by atoms with E-state index in [1.54, 1.807) is 32.4 Å². The topological polar surface area (TPSA) is 87.1 Å². The number of aryl methyl sites for hydroxylation is 1. The van der Waals surface area contributed by atoms with Crippen molar-refractivity contribution in [2.24, 2.45) is 0 Å². The second-order valence-corrected chi connectivity index (χ2v) is 6.32. The lowest BCUT2D eigenvalue weighted by Crippen LogP contribution is -2.20. The molecule has 2 rings (SSSR count). The Bertz CT molecular complexity index is 823. The molecule has 1 aromatic heterocycles. The highest BCUT2D eigenvalue weighted by atomic mass is 35.5. The van der Waals surface area contributed by atoms with Gasteiger partial charge in [0.15, 0.2) is 5.75 Å². The van der Waals surface area contributed by atoms with E-state index in [-0.39, 0.29) is 18.2 Å². The summed E-state index contributed by atoms with van der Waals surface area (Å²) in [7, 11) is 3.07. The molecule has 8 heteroatoms. The first kappa shape index (κ1) is 21.9. The number of pyridine rings is 1. The van der Waals surface area contributed by atoms with E-state index in [1.807, 2.05) is 6.07 Å². The predicted octanol–water partition coefficient (Wildman–Crippen LogP) is 3.00. The number of nitrogens with zero attached hydrogens (tertiary/aromatic N) is 1. The molecule has 7 nitrogen and oxygen atoms in total. The van der Waals surface area contributed by atoms with Crippen molar-refractivity contribution in [3.63, 3.8) is 0 Å². The van der Waals surface area contributed by atoms with Crippen LogP contribution in [0.5, 0.6) is 17.2 Å². The normalized spacial score (nSPS) is 11.8. The van der Waals surface area contributed by atoms with Gasteiger partial charge >= 0.3 is 5.97 Å². The summed E-state index contributed by atoms with van der Waals surface area (Å²) in [5, 5.41) is 9.84. The smallest absolute Gasteiger partial charge is 0.308 e. The number of methoxy groups -OCH3 is 2. The number of rotatable bonds is 9. The summed E-state index contributed by atoms with van der Waals surface area (Å²) in [6.45, 7) is 2.75. The number of carbonyl (C=O) groups is 1. The van der Waals surface area contributed by atoms with E-state index in [0.29, 0.717) is 29.2 Å². The van der Waals surface area contributed by atoms with Gasteiger partial charge in [0.1, 0.15) is 11.5 Å². The van der Waals surface area contributed by atoms with Crippen molar-refractivity contribution >= 4 is 17.6 Å². The van der Waals surface area contributed by atoms with Gasteiger partial charge in [-0.05, 0) is 24.1 Å². The second-order valence-electron chi connectivity index (χ2n) is 6.02. The molecule has 28 heavy (non-hydrogen) atoms. The minimum atomic E-state index is -0.564. The van der Waals surface area contributed by atoms with Crippen LogP contribution in [0.25, 0.3) is 0 Å². The zero-order valence-electron chi connectivity index (χ0n) is 16.3. The van der Waals surface area contributed by atoms with Crippen LogP contribution in [0, 0.1) is 6.92 Å². The van der Waals surface area contributed by atoms with Crippen LogP contribution in [0.4, 0.5) is 0 Å². The molecule has 0 aliphatic heterocycles. The third-order valence-electron chi connectivity index (χ3n) is 4.10. The number of hydrogen-bond acceptors (Lipinski definition) is 7. The maximum atomic E-state index is 11.4. The molecule has 1 N–H and O–H groups in total. The Morgan fingerprint density at radius 3 is 2.61 bits per heavy atom. The molecule has 0 saturated carbocycles. The van der Waals surface area contributed by atoms with E-state index in [1.165, 1.54) is 14.0 Å². The van der Waals surface area contributed by atoms with Crippen molar-refractivity contribution < 1.29 is 28.8 Å². The Balaban J connectivity index is 2.36. The van der Waals surface area contributed by atoms with E-state index in [0.717, 1.165) is 11.1 Å². The molecule has 1 atom stereocenters. The number of aliphatic hydroxyl groups is 1. The molecular weight excluding hydrogens is 386 g/mol. The summed E-state index contributed by atoms with van der Waals surface area (Å²) >= 11 is 5.78. The Morgan fingerprint density at radius 1 is 1.29 bits per heavy atom. The lowest BCUT2D eigenvalue weighted by Gasteiger charge is -2.18. The first-order valence-corrected chi connectivity index (χ1v) is 9.15. The fraction of sp³-hybridized carbons (Fsp3) is 0.400. The molecule has 0 aliphatic carbocycles. The summed E-state index contributed by atoms with van der Waals surface area (Å²) in [6.07, 6.45) is 1.52. The number of halogens is 1. The SMILES string of the molecule is COc1cc(OC(CCl)OC)ccc1Cc1cnc(C)c(OC(C)=O)c1CO. The number of hydrogen-bond donors (Lipinski definition) is 1. The molecule has 152 valence electrons. The Morgan fingerprint density at radius 2 is 2.04 bits per heavy atom. The highest BCUT2D eigenvalue weighted by Crippen LogP contribution is 2.31. The lowest BCUT2D eigenvalue weighted by molar-refractivity contribution is -0.132. The van der Waals surface area contributed by atoms with Crippen molar-refractivity contribution in [1.29, 1.82) is 0 Å². The minimum absolute atomic E-state index is 0.189. The molecule has 0 bridgehead atoms.